The van der Waals surface area contributed by atoms with Gasteiger partial charge in [-0.1, -0.05) is 62.6 Å². The van der Waals surface area contributed by atoms with Crippen LogP contribution in [0.1, 0.15) is 54.1 Å². The number of carbonyl (C=O) groups is 1. The third kappa shape index (κ3) is 4.60. The highest BCUT2D eigenvalue weighted by molar-refractivity contribution is 6.94. The van der Waals surface area contributed by atoms with Gasteiger partial charge in [0.15, 0.2) is 0 Å². The number of hydrogen-bond acceptors (Lipinski definition) is 2. The van der Waals surface area contributed by atoms with Crippen molar-refractivity contribution in [2.75, 3.05) is 0 Å². The Balaban J connectivity index is 1.20. The molecule has 1 aliphatic carbocycles. The minimum Gasteiger partial charge on any atom is -0.508 e. The second-order valence-corrected chi connectivity index (χ2v) is 10.1. The number of carbonyl (C=O) groups excluding carboxylic acids is 1. The molecule has 2 aliphatic rings. The van der Waals surface area contributed by atoms with Gasteiger partial charge in [0.25, 0.3) is 0 Å². The molecule has 2 aromatic rings. The number of rotatable bonds is 8. The molecule has 1 spiro atoms. The maximum absolute atomic E-state index is 14.0. The summed E-state index contributed by atoms with van der Waals surface area (Å²) in [5.74, 6) is 0.789. The van der Waals surface area contributed by atoms with Gasteiger partial charge in [0.1, 0.15) is 17.2 Å². The van der Waals surface area contributed by atoms with Crippen LogP contribution in [-0.2, 0) is 0 Å². The van der Waals surface area contributed by atoms with E-state index in [0.29, 0.717) is 11.3 Å². The number of allylic oxidation sites excluding steroid dienone is 3. The van der Waals surface area contributed by atoms with Crippen molar-refractivity contribution in [2.45, 2.75) is 52.2 Å². The summed E-state index contributed by atoms with van der Waals surface area (Å²) in [7, 11) is 0. The Bertz CT molecular complexity index is 1040. The van der Waals surface area contributed by atoms with Crippen LogP contribution in [0, 0.1) is 30.0 Å². The zero-order chi connectivity index (χ0) is 22.9. The molecular formula is C28H32BFO2. The van der Waals surface area contributed by atoms with Gasteiger partial charge in [0.2, 0.25) is 6.71 Å². The minimum atomic E-state index is -0.535. The van der Waals surface area contributed by atoms with Gasteiger partial charge in [-0.05, 0) is 84.8 Å². The van der Waals surface area contributed by atoms with Gasteiger partial charge in [-0.25, -0.2) is 4.39 Å². The van der Waals surface area contributed by atoms with E-state index in [1.165, 1.54) is 42.2 Å². The first kappa shape index (κ1) is 22.6. The zero-order valence-corrected chi connectivity index (χ0v) is 19.1. The lowest BCUT2D eigenvalue weighted by molar-refractivity contribution is 0.0347. The molecular weight excluding hydrogens is 398 g/mol. The quantitative estimate of drug-likeness (QED) is 0.357. The van der Waals surface area contributed by atoms with E-state index >= 15 is 0 Å². The number of halogens is 1. The van der Waals surface area contributed by atoms with Crippen LogP contribution in [0.15, 0.2) is 61.2 Å². The van der Waals surface area contributed by atoms with Gasteiger partial charge in [-0.3, -0.25) is 0 Å². The van der Waals surface area contributed by atoms with Crippen molar-refractivity contribution in [1.82, 2.24) is 0 Å². The monoisotopic (exact) mass is 430 g/mol. The maximum atomic E-state index is 14.0. The highest BCUT2D eigenvalue weighted by Crippen LogP contribution is 2.62. The van der Waals surface area contributed by atoms with Crippen molar-refractivity contribution in [1.29, 1.82) is 0 Å². The highest BCUT2D eigenvalue weighted by atomic mass is 19.1. The molecule has 0 unspecified atom stereocenters. The minimum absolute atomic E-state index is 0.0353. The maximum Gasteiger partial charge on any atom is 0.231 e. The number of hydrogen-bond donors (Lipinski definition) is 1. The van der Waals surface area contributed by atoms with Gasteiger partial charge < -0.3 is 9.90 Å². The average Bonchev–Trinajstić information content (AvgIpc) is 2.71. The lowest BCUT2D eigenvalue weighted by Crippen LogP contribution is -2.55. The first-order valence-corrected chi connectivity index (χ1v) is 11.7. The van der Waals surface area contributed by atoms with Gasteiger partial charge in [0.05, 0.1) is 0 Å². The number of aryl methyl sites for hydroxylation is 1. The van der Waals surface area contributed by atoms with Crippen LogP contribution in [0.4, 0.5) is 4.39 Å². The topological polar surface area (TPSA) is 37.3 Å². The summed E-state index contributed by atoms with van der Waals surface area (Å²) in [4.78, 5) is 12.6. The van der Waals surface area contributed by atoms with Crippen molar-refractivity contribution in [2.24, 2.45) is 17.3 Å². The standard InChI is InChI=1S/C28H32BFO2/c1-19(8-4-5-9-20(2)24-11-7-6-10-21(24)3)22-15-28(16-22)17-29(18-28)27(32)25-14-23(31)12-13-26(25)30/h5-7,9-14,19,22,31H,2,4,8,15-18H2,1,3H3/b9-5-/t19-/m1/s1. The van der Waals surface area contributed by atoms with E-state index in [1.54, 1.807) is 0 Å². The predicted molar refractivity (Wildman–Crippen MR) is 131 cm³/mol. The first-order valence-electron chi connectivity index (χ1n) is 11.7. The lowest BCUT2D eigenvalue weighted by atomic mass is 9.20. The molecule has 0 amide bonds. The molecule has 1 saturated heterocycles. The molecule has 2 aromatic carbocycles. The van der Waals surface area contributed by atoms with Crippen molar-refractivity contribution >= 4 is 18.0 Å². The van der Waals surface area contributed by atoms with Crippen molar-refractivity contribution in [3.05, 3.63) is 83.7 Å². The SMILES string of the molecule is C=C(/C=C\CC[C@@H](C)C1CC2(CB(C(=O)c3cc(O)ccc3F)C2)C1)c1ccccc1C. The van der Waals surface area contributed by atoms with E-state index in [9.17, 15) is 14.3 Å². The van der Waals surface area contributed by atoms with Crippen molar-refractivity contribution < 1.29 is 14.3 Å². The van der Waals surface area contributed by atoms with Gasteiger partial charge in [0, 0.05) is 5.56 Å². The third-order valence-corrected chi connectivity index (χ3v) is 7.74. The Labute approximate surface area is 191 Å². The third-order valence-electron chi connectivity index (χ3n) is 7.74. The normalized spacial score (nSPS) is 18.4. The smallest absolute Gasteiger partial charge is 0.231 e. The van der Waals surface area contributed by atoms with Crippen LogP contribution < -0.4 is 0 Å². The van der Waals surface area contributed by atoms with Crippen LogP contribution in [-0.4, -0.2) is 17.5 Å². The molecule has 1 atom stereocenters. The second kappa shape index (κ2) is 9.09. The Hall–Kier alpha value is -2.62. The molecule has 1 saturated carbocycles. The lowest BCUT2D eigenvalue weighted by Gasteiger charge is -2.58. The molecule has 1 aliphatic heterocycles. The molecule has 166 valence electrons. The summed E-state index contributed by atoms with van der Waals surface area (Å²) in [6.07, 6.45) is 10.7. The Kier molecular flexibility index (Phi) is 6.41. The molecule has 1 heterocycles. The van der Waals surface area contributed by atoms with E-state index in [4.69, 9.17) is 0 Å². The van der Waals surface area contributed by atoms with Crippen LogP contribution in [0.5, 0.6) is 5.75 Å². The van der Waals surface area contributed by atoms with E-state index in [0.717, 1.165) is 37.0 Å². The summed E-state index contributed by atoms with van der Waals surface area (Å²) in [5, 5.41) is 9.58. The number of aromatic hydroxyl groups is 1. The fourth-order valence-electron chi connectivity index (χ4n) is 5.72. The number of phenols is 1. The zero-order valence-electron chi connectivity index (χ0n) is 19.1. The summed E-state index contributed by atoms with van der Waals surface area (Å²) in [6.45, 7) is 8.56. The predicted octanol–water partition coefficient (Wildman–Crippen LogP) is 7.15. The van der Waals surface area contributed by atoms with Gasteiger partial charge >= 0.3 is 0 Å². The van der Waals surface area contributed by atoms with Crippen LogP contribution in [0.2, 0.25) is 12.6 Å². The molecule has 0 radical (unpaired) electrons. The van der Waals surface area contributed by atoms with E-state index in [2.05, 4.69) is 50.8 Å². The van der Waals surface area contributed by atoms with E-state index in [-0.39, 0.29) is 23.7 Å². The second-order valence-electron chi connectivity index (χ2n) is 10.1. The average molecular weight is 430 g/mol. The molecule has 1 N–H and O–H groups in total. The molecule has 4 heteroatoms. The molecule has 2 fully saturated rings. The van der Waals surface area contributed by atoms with Gasteiger partial charge in [-0.15, -0.1) is 0 Å². The fraction of sp³-hybridized carbons (Fsp3) is 0.393. The Morgan fingerprint density at radius 2 is 1.97 bits per heavy atom. The Morgan fingerprint density at radius 3 is 2.69 bits per heavy atom. The fourth-order valence-corrected chi connectivity index (χ4v) is 5.72. The molecule has 4 rings (SSSR count). The molecule has 0 bridgehead atoms. The van der Waals surface area contributed by atoms with Crippen LogP contribution >= 0.6 is 0 Å². The van der Waals surface area contributed by atoms with Crippen molar-refractivity contribution in [3.63, 3.8) is 0 Å². The van der Waals surface area contributed by atoms with Crippen LogP contribution in [0.3, 0.4) is 0 Å². The summed E-state index contributed by atoms with van der Waals surface area (Å²) in [5.41, 5.74) is 3.69. The largest absolute Gasteiger partial charge is 0.508 e. The molecule has 2 nitrogen and oxygen atoms in total. The Morgan fingerprint density at radius 1 is 1.25 bits per heavy atom. The highest BCUT2D eigenvalue weighted by Gasteiger charge is 2.57. The number of benzene rings is 2. The molecule has 0 aromatic heterocycles. The molecule has 32 heavy (non-hydrogen) atoms. The van der Waals surface area contributed by atoms with E-state index < -0.39 is 5.82 Å². The van der Waals surface area contributed by atoms with Gasteiger partial charge in [-0.2, -0.15) is 0 Å². The summed E-state index contributed by atoms with van der Waals surface area (Å²) < 4.78 is 14.0. The van der Waals surface area contributed by atoms with Crippen LogP contribution in [0.25, 0.3) is 5.57 Å². The first-order chi connectivity index (χ1) is 15.3. The number of phenolic OH excluding ortho intramolecular Hbond substituents is 1. The summed E-state index contributed by atoms with van der Waals surface area (Å²) >= 11 is 0. The van der Waals surface area contributed by atoms with Crippen molar-refractivity contribution in [3.8, 4) is 5.75 Å². The van der Waals surface area contributed by atoms with E-state index in [1.807, 2.05) is 6.07 Å². The summed E-state index contributed by atoms with van der Waals surface area (Å²) in [6, 6.07) is 12.0.